The number of alkyl halides is 3. The molecule has 0 aromatic carbocycles. The number of thioether (sulfide) groups is 1. The number of aromatic amines is 1. The SMILES string of the molecule is Cl.O=C(Nc1n[nH]c(C(F)(F)F)n1)C1CSCN1. The molecule has 6 nitrogen and oxygen atoms in total. The summed E-state index contributed by atoms with van der Waals surface area (Å²) in [7, 11) is 0. The molecule has 1 aliphatic rings. The number of nitrogens with zero attached hydrogens (tertiary/aromatic N) is 2. The molecule has 1 aliphatic heterocycles. The molecular formula is C7H9ClF3N5OS. The number of hydrogen-bond donors (Lipinski definition) is 3. The van der Waals surface area contributed by atoms with Crippen molar-refractivity contribution in [3.05, 3.63) is 5.82 Å². The molecule has 11 heteroatoms. The second kappa shape index (κ2) is 5.76. The van der Waals surface area contributed by atoms with Crippen molar-refractivity contribution in [1.82, 2.24) is 20.5 Å². The van der Waals surface area contributed by atoms with Gasteiger partial charge in [-0.25, -0.2) is 0 Å². The van der Waals surface area contributed by atoms with E-state index in [9.17, 15) is 18.0 Å². The Kier molecular flexibility index (Phi) is 4.82. The van der Waals surface area contributed by atoms with Gasteiger partial charge in [0.05, 0.1) is 6.04 Å². The molecule has 0 aliphatic carbocycles. The summed E-state index contributed by atoms with van der Waals surface area (Å²) < 4.78 is 36.5. The van der Waals surface area contributed by atoms with Gasteiger partial charge in [0, 0.05) is 11.6 Å². The number of carbonyl (C=O) groups is 1. The van der Waals surface area contributed by atoms with Gasteiger partial charge in [0.25, 0.3) is 0 Å². The topological polar surface area (TPSA) is 82.7 Å². The fourth-order valence-electron chi connectivity index (χ4n) is 1.21. The Hall–Kier alpha value is -1.00. The highest BCUT2D eigenvalue weighted by Crippen LogP contribution is 2.26. The fraction of sp³-hybridized carbons (Fsp3) is 0.571. The Morgan fingerprint density at radius 1 is 1.50 bits per heavy atom. The molecule has 1 saturated heterocycles. The molecule has 2 rings (SSSR count). The summed E-state index contributed by atoms with van der Waals surface area (Å²) in [5.74, 6) is -0.840. The van der Waals surface area contributed by atoms with E-state index >= 15 is 0 Å². The van der Waals surface area contributed by atoms with Crippen LogP contribution in [-0.4, -0.2) is 38.8 Å². The second-order valence-corrected chi connectivity index (χ2v) is 4.30. The Labute approximate surface area is 110 Å². The van der Waals surface area contributed by atoms with Crippen molar-refractivity contribution < 1.29 is 18.0 Å². The maximum atomic E-state index is 12.2. The highest BCUT2D eigenvalue weighted by atomic mass is 35.5. The fourth-order valence-corrected chi connectivity index (χ4v) is 2.15. The lowest BCUT2D eigenvalue weighted by atomic mass is 10.3. The van der Waals surface area contributed by atoms with Gasteiger partial charge in [0.15, 0.2) is 0 Å². The van der Waals surface area contributed by atoms with Gasteiger partial charge in [-0.2, -0.15) is 18.2 Å². The largest absolute Gasteiger partial charge is 0.451 e. The van der Waals surface area contributed by atoms with Crippen LogP contribution in [0.5, 0.6) is 0 Å². The number of H-pyrrole nitrogens is 1. The third-order valence-electron chi connectivity index (χ3n) is 2.02. The lowest BCUT2D eigenvalue weighted by Gasteiger charge is -2.06. The van der Waals surface area contributed by atoms with Crippen LogP contribution >= 0.6 is 24.2 Å². The van der Waals surface area contributed by atoms with E-state index in [4.69, 9.17) is 0 Å². The Balaban J connectivity index is 0.00000162. The van der Waals surface area contributed by atoms with Crippen LogP contribution in [0.3, 0.4) is 0 Å². The minimum Gasteiger partial charge on any atom is -0.296 e. The van der Waals surface area contributed by atoms with Gasteiger partial charge in [-0.05, 0) is 0 Å². The quantitative estimate of drug-likeness (QED) is 0.754. The van der Waals surface area contributed by atoms with Gasteiger partial charge in [-0.15, -0.1) is 29.3 Å². The van der Waals surface area contributed by atoms with E-state index in [0.29, 0.717) is 11.6 Å². The van der Waals surface area contributed by atoms with Crippen LogP contribution in [-0.2, 0) is 11.0 Å². The van der Waals surface area contributed by atoms with Crippen molar-refractivity contribution >= 4 is 36.0 Å². The molecule has 1 aromatic rings. The van der Waals surface area contributed by atoms with Crippen LogP contribution in [0.25, 0.3) is 0 Å². The van der Waals surface area contributed by atoms with Crippen LogP contribution in [0.1, 0.15) is 5.82 Å². The molecular weight excluding hydrogens is 295 g/mol. The van der Waals surface area contributed by atoms with Crippen molar-refractivity contribution in [2.45, 2.75) is 12.2 Å². The van der Waals surface area contributed by atoms with E-state index in [0.717, 1.165) is 0 Å². The van der Waals surface area contributed by atoms with Crippen molar-refractivity contribution in [2.75, 3.05) is 16.9 Å². The predicted molar refractivity (Wildman–Crippen MR) is 61.5 cm³/mol. The summed E-state index contributed by atoms with van der Waals surface area (Å²) in [5.41, 5.74) is 0. The van der Waals surface area contributed by atoms with Crippen molar-refractivity contribution in [2.24, 2.45) is 0 Å². The van der Waals surface area contributed by atoms with E-state index in [-0.39, 0.29) is 18.4 Å². The third kappa shape index (κ3) is 3.50. The van der Waals surface area contributed by atoms with Gasteiger partial charge in [-0.1, -0.05) is 0 Å². The van der Waals surface area contributed by atoms with E-state index in [1.807, 2.05) is 0 Å². The van der Waals surface area contributed by atoms with E-state index < -0.39 is 23.9 Å². The molecule has 1 amide bonds. The predicted octanol–water partition coefficient (Wildman–Crippen LogP) is 0.846. The monoisotopic (exact) mass is 303 g/mol. The molecule has 0 bridgehead atoms. The first kappa shape index (κ1) is 15.1. The lowest BCUT2D eigenvalue weighted by Crippen LogP contribution is -2.37. The normalized spacial score (nSPS) is 19.4. The van der Waals surface area contributed by atoms with Crippen LogP contribution in [0.15, 0.2) is 0 Å². The van der Waals surface area contributed by atoms with Crippen molar-refractivity contribution in [3.63, 3.8) is 0 Å². The number of aromatic nitrogens is 3. The number of anilines is 1. The molecule has 1 unspecified atom stereocenters. The van der Waals surface area contributed by atoms with Crippen LogP contribution in [0, 0.1) is 0 Å². The van der Waals surface area contributed by atoms with Crippen molar-refractivity contribution in [1.29, 1.82) is 0 Å². The number of rotatable bonds is 2. The molecule has 1 aromatic heterocycles. The average molecular weight is 304 g/mol. The van der Waals surface area contributed by atoms with Gasteiger partial charge < -0.3 is 0 Å². The van der Waals surface area contributed by atoms with Crippen LogP contribution in [0.4, 0.5) is 19.1 Å². The number of amides is 1. The molecule has 0 radical (unpaired) electrons. The maximum Gasteiger partial charge on any atom is 0.451 e. The number of carbonyl (C=O) groups excluding carboxylic acids is 1. The molecule has 1 fully saturated rings. The first-order valence-electron chi connectivity index (χ1n) is 4.58. The first-order chi connectivity index (χ1) is 7.97. The highest BCUT2D eigenvalue weighted by molar-refractivity contribution is 7.99. The average Bonchev–Trinajstić information content (AvgIpc) is 2.85. The van der Waals surface area contributed by atoms with Gasteiger partial charge >= 0.3 is 6.18 Å². The summed E-state index contributed by atoms with van der Waals surface area (Å²) in [6, 6.07) is -0.423. The number of hydrogen-bond acceptors (Lipinski definition) is 5. The summed E-state index contributed by atoms with van der Waals surface area (Å²) >= 11 is 1.53. The van der Waals surface area contributed by atoms with Crippen LogP contribution in [0.2, 0.25) is 0 Å². The maximum absolute atomic E-state index is 12.2. The lowest BCUT2D eigenvalue weighted by molar-refractivity contribution is -0.144. The summed E-state index contributed by atoms with van der Waals surface area (Å²) in [6.45, 7) is 0. The van der Waals surface area contributed by atoms with E-state index in [1.54, 1.807) is 5.10 Å². The Morgan fingerprint density at radius 2 is 2.22 bits per heavy atom. The van der Waals surface area contributed by atoms with E-state index in [2.05, 4.69) is 20.7 Å². The summed E-state index contributed by atoms with van der Waals surface area (Å²) in [4.78, 5) is 14.6. The molecule has 1 atom stereocenters. The molecule has 2 heterocycles. The Bertz CT molecular complexity index is 419. The smallest absolute Gasteiger partial charge is 0.296 e. The minimum absolute atomic E-state index is 0. The standard InChI is InChI=1S/C7H8F3N5OS.ClH/c8-7(9,10)5-13-6(15-14-5)12-4(16)3-1-17-2-11-3;/h3,11H,1-2H2,(H2,12,13,14,15,16);1H. The molecule has 18 heavy (non-hydrogen) atoms. The third-order valence-corrected chi connectivity index (χ3v) is 2.96. The van der Waals surface area contributed by atoms with Crippen LogP contribution < -0.4 is 10.6 Å². The molecule has 102 valence electrons. The minimum atomic E-state index is -4.60. The summed E-state index contributed by atoms with van der Waals surface area (Å²) in [6.07, 6.45) is -4.60. The zero-order valence-corrected chi connectivity index (χ0v) is 10.4. The van der Waals surface area contributed by atoms with Gasteiger partial charge in [0.1, 0.15) is 0 Å². The summed E-state index contributed by atoms with van der Waals surface area (Å²) in [5, 5.41) is 10.1. The molecule has 0 saturated carbocycles. The van der Waals surface area contributed by atoms with Gasteiger partial charge in [-0.3, -0.25) is 20.5 Å². The highest BCUT2D eigenvalue weighted by Gasteiger charge is 2.35. The molecule has 3 N–H and O–H groups in total. The second-order valence-electron chi connectivity index (χ2n) is 3.27. The zero-order chi connectivity index (χ0) is 12.5. The number of nitrogens with one attached hydrogen (secondary N) is 3. The van der Waals surface area contributed by atoms with Crippen molar-refractivity contribution in [3.8, 4) is 0 Å². The first-order valence-corrected chi connectivity index (χ1v) is 5.74. The zero-order valence-electron chi connectivity index (χ0n) is 8.74. The number of halogens is 4. The Morgan fingerprint density at radius 3 is 2.72 bits per heavy atom. The van der Waals surface area contributed by atoms with E-state index in [1.165, 1.54) is 11.8 Å². The molecule has 0 spiro atoms. The van der Waals surface area contributed by atoms with Gasteiger partial charge in [0.2, 0.25) is 17.7 Å².